The minimum Gasteiger partial charge on any atom is -0.459 e. The van der Waals surface area contributed by atoms with Gasteiger partial charge in [0.25, 0.3) is 0 Å². The lowest BCUT2D eigenvalue weighted by Gasteiger charge is -1.85. The molecule has 0 saturated heterocycles. The number of methoxy groups -OCH3 is 1. The third-order valence-electron chi connectivity index (χ3n) is 0.648. The van der Waals surface area contributed by atoms with E-state index in [-0.39, 0.29) is 0 Å². The molecule has 0 fully saturated rings. The maximum absolute atomic E-state index is 10.3. The van der Waals surface area contributed by atoms with Crippen molar-refractivity contribution in [1.82, 2.24) is 0 Å². The van der Waals surface area contributed by atoms with Crippen molar-refractivity contribution in [3.63, 3.8) is 0 Å². The van der Waals surface area contributed by atoms with Crippen molar-refractivity contribution in [2.24, 2.45) is 0 Å². The molecule has 0 aliphatic heterocycles. The first-order valence-electron chi connectivity index (χ1n) is 2.76. The number of hydrogen-bond donors (Lipinski definition) is 0. The molecule has 9 heavy (non-hydrogen) atoms. The zero-order chi connectivity index (χ0) is 7.28. The minimum absolute atomic E-state index is 0.434. The molecule has 2 nitrogen and oxygen atoms in total. The fraction of sp³-hybridized carbons (Fsp3) is 0.500. The second-order valence-electron chi connectivity index (χ2n) is 1.92. The van der Waals surface area contributed by atoms with Gasteiger partial charge in [0.05, 0.1) is 7.11 Å². The predicted octanol–water partition coefficient (Wildman–Crippen LogP) is 0.189. The van der Waals surface area contributed by atoms with Crippen molar-refractivity contribution in [3.05, 3.63) is 0 Å². The van der Waals surface area contributed by atoms with Crippen LogP contribution in [-0.2, 0) is 9.53 Å². The summed E-state index contributed by atoms with van der Waals surface area (Å²) in [5.41, 5.74) is 2.81. The zero-order valence-electron chi connectivity index (χ0n) is 5.89. The van der Waals surface area contributed by atoms with Crippen LogP contribution in [0, 0.1) is 11.5 Å². The van der Waals surface area contributed by atoms with E-state index in [1.165, 1.54) is 7.11 Å². The normalized spacial score (nSPS) is 8.00. The monoisotopic (exact) mass is 142 g/mol. The van der Waals surface area contributed by atoms with Gasteiger partial charge in [0.15, 0.2) is 0 Å². The smallest absolute Gasteiger partial charge is 0.383 e. The molecule has 0 aromatic heterocycles. The molecule has 0 aromatic rings. The molecule has 0 radical (unpaired) electrons. The Labute approximate surface area is 56.8 Å². The van der Waals surface area contributed by atoms with E-state index in [0.717, 1.165) is 0 Å². The Balaban J connectivity index is 3.73. The molecule has 50 valence electrons. The van der Waals surface area contributed by atoms with E-state index in [2.05, 4.69) is 29.3 Å². The van der Waals surface area contributed by atoms with Crippen LogP contribution >= 0.6 is 0 Å². The van der Waals surface area contributed by atoms with Crippen molar-refractivity contribution < 1.29 is 9.53 Å². The quantitative estimate of drug-likeness (QED) is 0.274. The van der Waals surface area contributed by atoms with Gasteiger partial charge in [-0.1, -0.05) is 13.1 Å². The molecule has 0 N–H and O–H groups in total. The van der Waals surface area contributed by atoms with E-state index in [4.69, 9.17) is 0 Å². The van der Waals surface area contributed by atoms with Gasteiger partial charge in [0.1, 0.15) is 8.80 Å². The summed E-state index contributed by atoms with van der Waals surface area (Å²) in [6.07, 6.45) is 0. The van der Waals surface area contributed by atoms with E-state index < -0.39 is 14.8 Å². The Kier molecular flexibility index (Phi) is 3.81. The summed E-state index contributed by atoms with van der Waals surface area (Å²) < 4.78 is 4.31. The molecule has 0 rings (SSSR count). The zero-order valence-corrected chi connectivity index (χ0v) is 7.05. The maximum atomic E-state index is 10.3. The highest BCUT2D eigenvalue weighted by molar-refractivity contribution is 6.65. The molecule has 0 amide bonds. The van der Waals surface area contributed by atoms with Gasteiger partial charge in [-0.25, -0.2) is 4.79 Å². The molecule has 0 aliphatic rings. The third kappa shape index (κ3) is 5.11. The summed E-state index contributed by atoms with van der Waals surface area (Å²) >= 11 is 0. The van der Waals surface area contributed by atoms with Crippen molar-refractivity contribution in [2.45, 2.75) is 13.1 Å². The van der Waals surface area contributed by atoms with Gasteiger partial charge in [-0.15, -0.1) is 5.54 Å². The van der Waals surface area contributed by atoms with Crippen LogP contribution in [0.5, 0.6) is 0 Å². The first kappa shape index (κ1) is 8.25. The highest BCUT2D eigenvalue weighted by Gasteiger charge is 1.90. The Morgan fingerprint density at radius 3 is 2.44 bits per heavy atom. The largest absolute Gasteiger partial charge is 0.459 e. The van der Waals surface area contributed by atoms with Gasteiger partial charge in [0, 0.05) is 5.92 Å². The summed E-state index contributed by atoms with van der Waals surface area (Å²) in [5, 5.41) is 0. The average Bonchev–Trinajstić information content (AvgIpc) is 1.83. The van der Waals surface area contributed by atoms with Crippen LogP contribution in [-0.4, -0.2) is 21.9 Å². The van der Waals surface area contributed by atoms with Crippen molar-refractivity contribution in [2.75, 3.05) is 7.11 Å². The van der Waals surface area contributed by atoms with Crippen LogP contribution < -0.4 is 0 Å². The van der Waals surface area contributed by atoms with Gasteiger partial charge in [0.2, 0.25) is 0 Å². The summed E-state index contributed by atoms with van der Waals surface area (Å²) in [6.45, 7) is 4.10. The van der Waals surface area contributed by atoms with Gasteiger partial charge < -0.3 is 4.74 Å². The van der Waals surface area contributed by atoms with Crippen LogP contribution in [0.2, 0.25) is 13.1 Å². The molecular formula is C6H10O2Si. The first-order valence-corrected chi connectivity index (χ1v) is 5.65. The second-order valence-corrected chi connectivity index (χ2v) is 4.51. The van der Waals surface area contributed by atoms with Gasteiger partial charge >= 0.3 is 5.97 Å². The standard InChI is InChI=1S/C6H10O2Si/c1-8-6(7)4-5-9(2)3/h9H,1-3H3. The number of ether oxygens (including phenoxy) is 1. The Morgan fingerprint density at radius 2 is 2.11 bits per heavy atom. The molecule has 0 atom stereocenters. The van der Waals surface area contributed by atoms with Crippen molar-refractivity contribution >= 4 is 14.8 Å². The Hall–Kier alpha value is -0.753. The highest BCUT2D eigenvalue weighted by atomic mass is 28.3. The number of carbonyl (C=O) groups excluding carboxylic acids is 1. The van der Waals surface area contributed by atoms with Gasteiger partial charge in [-0.2, -0.15) is 0 Å². The van der Waals surface area contributed by atoms with Crippen LogP contribution in [0.4, 0.5) is 0 Å². The van der Waals surface area contributed by atoms with Crippen LogP contribution in [0.15, 0.2) is 0 Å². The van der Waals surface area contributed by atoms with Crippen LogP contribution in [0.25, 0.3) is 0 Å². The van der Waals surface area contributed by atoms with E-state index in [9.17, 15) is 4.79 Å². The van der Waals surface area contributed by atoms with E-state index in [1.54, 1.807) is 0 Å². The SMILES string of the molecule is COC(=O)C#C[SiH](C)C. The summed E-state index contributed by atoms with van der Waals surface area (Å²) in [5.74, 6) is 1.95. The fourth-order valence-corrected chi connectivity index (χ4v) is 0.661. The number of esters is 1. The lowest BCUT2D eigenvalue weighted by molar-refractivity contribution is -0.133. The van der Waals surface area contributed by atoms with E-state index in [0.29, 0.717) is 0 Å². The van der Waals surface area contributed by atoms with Gasteiger partial charge in [-0.3, -0.25) is 0 Å². The van der Waals surface area contributed by atoms with Crippen LogP contribution in [0.1, 0.15) is 0 Å². The topological polar surface area (TPSA) is 26.3 Å². The minimum atomic E-state index is -0.903. The lowest BCUT2D eigenvalue weighted by atomic mass is 10.7. The molecule has 0 saturated carbocycles. The molecular weight excluding hydrogens is 132 g/mol. The Morgan fingerprint density at radius 1 is 1.56 bits per heavy atom. The molecule has 0 unspecified atom stereocenters. The molecule has 3 heteroatoms. The number of rotatable bonds is 0. The fourth-order valence-electron chi connectivity index (χ4n) is 0.254. The molecule has 0 bridgehead atoms. The molecule has 0 spiro atoms. The summed E-state index contributed by atoms with van der Waals surface area (Å²) in [6, 6.07) is 0. The van der Waals surface area contributed by atoms with Crippen molar-refractivity contribution in [1.29, 1.82) is 0 Å². The Bertz CT molecular complexity index is 152. The molecule has 0 aromatic carbocycles. The lowest BCUT2D eigenvalue weighted by Crippen LogP contribution is -1.99. The van der Waals surface area contributed by atoms with Gasteiger partial charge in [-0.05, 0) is 0 Å². The third-order valence-corrected chi connectivity index (χ3v) is 1.37. The highest BCUT2D eigenvalue weighted by Crippen LogP contribution is 1.74. The number of carbonyl (C=O) groups is 1. The molecule has 0 aliphatic carbocycles. The van der Waals surface area contributed by atoms with E-state index >= 15 is 0 Å². The predicted molar refractivity (Wildman–Crippen MR) is 38.7 cm³/mol. The van der Waals surface area contributed by atoms with Crippen molar-refractivity contribution in [3.8, 4) is 11.5 Å². The summed E-state index contributed by atoms with van der Waals surface area (Å²) in [4.78, 5) is 10.3. The van der Waals surface area contributed by atoms with E-state index in [1.807, 2.05) is 0 Å². The summed E-state index contributed by atoms with van der Waals surface area (Å²) in [7, 11) is 0.430. The average molecular weight is 142 g/mol. The first-order chi connectivity index (χ1) is 4.16. The molecule has 0 heterocycles. The number of hydrogen-bond acceptors (Lipinski definition) is 2. The maximum Gasteiger partial charge on any atom is 0.383 e. The second kappa shape index (κ2) is 4.16. The van der Waals surface area contributed by atoms with Crippen LogP contribution in [0.3, 0.4) is 0 Å².